The lowest BCUT2D eigenvalue weighted by Crippen LogP contribution is -2.43. The van der Waals surface area contributed by atoms with Crippen molar-refractivity contribution in [2.75, 3.05) is 12.3 Å². The Morgan fingerprint density at radius 2 is 2.40 bits per heavy atom. The molecule has 3 atom stereocenters. The maximum atomic E-state index is 10.7. The van der Waals surface area contributed by atoms with Gasteiger partial charge in [-0.2, -0.15) is 11.8 Å². The number of carboxylic acid groups (broad SMARTS) is 1. The quantitative estimate of drug-likeness (QED) is 0.757. The van der Waals surface area contributed by atoms with Crippen LogP contribution in [0, 0.1) is 5.92 Å². The normalized spacial score (nSPS) is 40.9. The minimum absolute atomic E-state index is 0.358. The molecule has 2 rings (SSSR count). The van der Waals surface area contributed by atoms with E-state index in [1.165, 1.54) is 12.8 Å². The lowest BCUT2D eigenvalue weighted by atomic mass is 9.84. The highest BCUT2D eigenvalue weighted by Gasteiger charge is 2.42. The number of nitrogens with one attached hydrogen (secondary N) is 1. The number of hydrogen-bond acceptors (Lipinski definition) is 3. The van der Waals surface area contributed by atoms with Crippen LogP contribution in [-0.2, 0) is 4.79 Å². The van der Waals surface area contributed by atoms with Crippen LogP contribution >= 0.6 is 11.8 Å². The zero-order valence-corrected chi connectivity index (χ0v) is 9.98. The molecule has 4 heteroatoms. The van der Waals surface area contributed by atoms with Gasteiger partial charge in [-0.3, -0.25) is 4.79 Å². The van der Waals surface area contributed by atoms with E-state index in [1.807, 2.05) is 11.8 Å². The maximum Gasteiger partial charge on any atom is 0.303 e. The van der Waals surface area contributed by atoms with Gasteiger partial charge in [0.25, 0.3) is 0 Å². The van der Waals surface area contributed by atoms with Gasteiger partial charge in [0.05, 0.1) is 0 Å². The second-order valence-electron chi connectivity index (χ2n) is 4.97. The van der Waals surface area contributed by atoms with E-state index in [1.54, 1.807) is 0 Å². The molecule has 2 fully saturated rings. The lowest BCUT2D eigenvalue weighted by Gasteiger charge is -2.37. The zero-order valence-electron chi connectivity index (χ0n) is 9.16. The molecule has 0 aromatic heterocycles. The molecular formula is C11H19NO2S. The van der Waals surface area contributed by atoms with Crippen LogP contribution in [0.25, 0.3) is 0 Å². The topological polar surface area (TPSA) is 49.3 Å². The fraction of sp³-hybridized carbons (Fsp3) is 0.909. The van der Waals surface area contributed by atoms with Crippen LogP contribution in [0.5, 0.6) is 0 Å². The van der Waals surface area contributed by atoms with E-state index >= 15 is 0 Å². The van der Waals surface area contributed by atoms with E-state index in [0.717, 1.165) is 18.7 Å². The van der Waals surface area contributed by atoms with Crippen molar-refractivity contribution in [3.63, 3.8) is 0 Å². The van der Waals surface area contributed by atoms with Crippen molar-refractivity contribution >= 4 is 17.7 Å². The highest BCUT2D eigenvalue weighted by Crippen LogP contribution is 2.48. The number of piperidine rings is 1. The number of thioether (sulfide) groups is 1. The summed E-state index contributed by atoms with van der Waals surface area (Å²) in [6, 6.07) is 0.592. The van der Waals surface area contributed by atoms with E-state index in [4.69, 9.17) is 5.11 Å². The molecule has 0 aromatic carbocycles. The largest absolute Gasteiger partial charge is 0.481 e. The van der Waals surface area contributed by atoms with Crippen LogP contribution in [0.2, 0.25) is 0 Å². The van der Waals surface area contributed by atoms with Crippen molar-refractivity contribution in [2.45, 2.75) is 43.4 Å². The summed E-state index contributed by atoms with van der Waals surface area (Å²) in [7, 11) is 0. The summed E-state index contributed by atoms with van der Waals surface area (Å²) in [5.74, 6) is 0.802. The van der Waals surface area contributed by atoms with Gasteiger partial charge in [-0.1, -0.05) is 0 Å². The molecule has 2 aliphatic heterocycles. The summed E-state index contributed by atoms with van der Waals surface area (Å²) in [5, 5.41) is 12.3. The molecule has 0 amide bonds. The Bertz CT molecular complexity index is 259. The zero-order chi connectivity index (χ0) is 10.9. The average molecular weight is 229 g/mol. The summed E-state index contributed by atoms with van der Waals surface area (Å²) >= 11 is 2.02. The van der Waals surface area contributed by atoms with E-state index in [0.29, 0.717) is 23.1 Å². The molecule has 2 aliphatic rings. The Morgan fingerprint density at radius 3 is 3.07 bits per heavy atom. The molecular weight excluding hydrogens is 210 g/mol. The standard InChI is InChI=1S/C11H19NO2S/c1-8-5-11(2-3-12-8)6-9(7-15-11)4-10(13)14/h8-9,12H,2-7H2,1H3,(H,13,14). The van der Waals surface area contributed by atoms with Crippen LogP contribution in [0.4, 0.5) is 0 Å². The van der Waals surface area contributed by atoms with Gasteiger partial charge in [-0.15, -0.1) is 0 Å². The van der Waals surface area contributed by atoms with Gasteiger partial charge in [-0.05, 0) is 44.4 Å². The molecule has 2 saturated heterocycles. The molecule has 15 heavy (non-hydrogen) atoms. The third-order valence-electron chi connectivity index (χ3n) is 3.50. The first-order valence-electron chi connectivity index (χ1n) is 5.69. The van der Waals surface area contributed by atoms with Gasteiger partial charge in [0.1, 0.15) is 0 Å². The van der Waals surface area contributed by atoms with Gasteiger partial charge < -0.3 is 10.4 Å². The monoisotopic (exact) mass is 229 g/mol. The van der Waals surface area contributed by atoms with Crippen LogP contribution < -0.4 is 5.32 Å². The van der Waals surface area contributed by atoms with Crippen molar-refractivity contribution in [2.24, 2.45) is 5.92 Å². The summed E-state index contributed by atoms with van der Waals surface area (Å²) in [5.41, 5.74) is 0. The molecule has 0 aliphatic carbocycles. The Balaban J connectivity index is 1.92. The van der Waals surface area contributed by atoms with E-state index in [-0.39, 0.29) is 0 Å². The molecule has 1 spiro atoms. The molecule has 0 radical (unpaired) electrons. The third kappa shape index (κ3) is 2.67. The molecule has 3 unspecified atom stereocenters. The summed E-state index contributed by atoms with van der Waals surface area (Å²) in [6.45, 7) is 3.32. The molecule has 2 N–H and O–H groups in total. The second kappa shape index (κ2) is 4.34. The first-order chi connectivity index (χ1) is 7.10. The molecule has 86 valence electrons. The molecule has 0 saturated carbocycles. The van der Waals surface area contributed by atoms with Gasteiger partial charge in [0, 0.05) is 17.2 Å². The van der Waals surface area contributed by atoms with Gasteiger partial charge >= 0.3 is 5.97 Å². The minimum Gasteiger partial charge on any atom is -0.481 e. The molecule has 0 aromatic rings. The first kappa shape index (κ1) is 11.3. The third-order valence-corrected chi connectivity index (χ3v) is 5.29. The van der Waals surface area contributed by atoms with Crippen molar-refractivity contribution in [3.8, 4) is 0 Å². The number of hydrogen-bond donors (Lipinski definition) is 2. The Hall–Kier alpha value is -0.220. The number of carbonyl (C=O) groups is 1. The second-order valence-corrected chi connectivity index (χ2v) is 6.46. The first-order valence-corrected chi connectivity index (χ1v) is 6.67. The van der Waals surface area contributed by atoms with Gasteiger partial charge in [0.2, 0.25) is 0 Å². The molecule has 0 bridgehead atoms. The average Bonchev–Trinajstić information content (AvgIpc) is 2.47. The summed E-state index contributed by atoms with van der Waals surface area (Å²) in [4.78, 5) is 10.7. The fourth-order valence-corrected chi connectivity index (χ4v) is 4.70. The predicted octanol–water partition coefficient (Wildman–Crippen LogP) is 1.72. The SMILES string of the molecule is CC1CC2(CCN1)CC(CC(=O)O)CS2. The smallest absolute Gasteiger partial charge is 0.303 e. The predicted molar refractivity (Wildman–Crippen MR) is 62.2 cm³/mol. The summed E-state index contributed by atoms with van der Waals surface area (Å²) < 4.78 is 0.394. The summed E-state index contributed by atoms with van der Waals surface area (Å²) in [6.07, 6.45) is 3.87. The lowest BCUT2D eigenvalue weighted by molar-refractivity contribution is -0.137. The number of carboxylic acids is 1. The van der Waals surface area contributed by atoms with E-state index in [9.17, 15) is 4.79 Å². The molecule has 2 heterocycles. The van der Waals surface area contributed by atoms with Crippen LogP contribution in [-0.4, -0.2) is 34.2 Å². The van der Waals surface area contributed by atoms with Gasteiger partial charge in [0.15, 0.2) is 0 Å². The van der Waals surface area contributed by atoms with E-state index in [2.05, 4.69) is 12.2 Å². The van der Waals surface area contributed by atoms with Crippen LogP contribution in [0.1, 0.15) is 32.6 Å². The van der Waals surface area contributed by atoms with Crippen molar-refractivity contribution in [1.82, 2.24) is 5.32 Å². The van der Waals surface area contributed by atoms with E-state index < -0.39 is 5.97 Å². The number of aliphatic carboxylic acids is 1. The van der Waals surface area contributed by atoms with Gasteiger partial charge in [-0.25, -0.2) is 0 Å². The fourth-order valence-electron chi connectivity index (χ4n) is 2.91. The molecule has 3 nitrogen and oxygen atoms in total. The highest BCUT2D eigenvalue weighted by molar-refractivity contribution is 8.00. The number of rotatable bonds is 2. The minimum atomic E-state index is -0.639. The highest BCUT2D eigenvalue weighted by atomic mass is 32.2. The van der Waals surface area contributed by atoms with Crippen molar-refractivity contribution < 1.29 is 9.90 Å². The van der Waals surface area contributed by atoms with Crippen molar-refractivity contribution in [1.29, 1.82) is 0 Å². The Labute approximate surface area is 95.0 Å². The van der Waals surface area contributed by atoms with Crippen LogP contribution in [0.15, 0.2) is 0 Å². The maximum absolute atomic E-state index is 10.7. The van der Waals surface area contributed by atoms with Crippen LogP contribution in [0.3, 0.4) is 0 Å². The Kier molecular flexibility index (Phi) is 3.26. The Morgan fingerprint density at radius 1 is 1.60 bits per heavy atom. The van der Waals surface area contributed by atoms with Crippen molar-refractivity contribution in [3.05, 3.63) is 0 Å².